The monoisotopic (exact) mass is 289 g/mol. The average molecular weight is 289 g/mol. The minimum absolute atomic E-state index is 0.0480. The van der Waals surface area contributed by atoms with E-state index >= 15 is 0 Å². The van der Waals surface area contributed by atoms with Gasteiger partial charge in [-0.05, 0) is 25.3 Å². The maximum absolute atomic E-state index is 13.8. The Labute approximate surface area is 121 Å². The van der Waals surface area contributed by atoms with Gasteiger partial charge in [-0.3, -0.25) is 0 Å². The van der Waals surface area contributed by atoms with Crippen LogP contribution in [0.1, 0.15) is 19.3 Å². The fourth-order valence-electron chi connectivity index (χ4n) is 3.34. The minimum atomic E-state index is -0.419. The first-order chi connectivity index (χ1) is 10.2. The van der Waals surface area contributed by atoms with Crippen molar-refractivity contribution in [3.05, 3.63) is 24.3 Å². The Balaban J connectivity index is 1.77. The Morgan fingerprint density at radius 2 is 2.33 bits per heavy atom. The molecule has 2 unspecified atom stereocenters. The third-order valence-electron chi connectivity index (χ3n) is 4.45. The molecule has 0 radical (unpaired) electrons. The first-order valence-corrected chi connectivity index (χ1v) is 7.07. The Kier molecular flexibility index (Phi) is 2.75. The van der Waals surface area contributed by atoms with Crippen LogP contribution in [0.3, 0.4) is 0 Å². The number of aromatic nitrogens is 2. The van der Waals surface area contributed by atoms with Gasteiger partial charge in [-0.2, -0.15) is 0 Å². The predicted molar refractivity (Wildman–Crippen MR) is 76.0 cm³/mol. The zero-order chi connectivity index (χ0) is 14.4. The number of fused-ring (bicyclic) bond motifs is 3. The van der Waals surface area contributed by atoms with Gasteiger partial charge in [0.05, 0.1) is 30.9 Å². The summed E-state index contributed by atoms with van der Waals surface area (Å²) in [6.45, 7) is 0.696. The molecule has 21 heavy (non-hydrogen) atoms. The van der Waals surface area contributed by atoms with E-state index in [1.54, 1.807) is 6.07 Å². The number of rotatable bonds is 3. The van der Waals surface area contributed by atoms with Gasteiger partial charge in [-0.1, -0.05) is 0 Å². The van der Waals surface area contributed by atoms with Crippen molar-refractivity contribution in [1.29, 1.82) is 0 Å². The summed E-state index contributed by atoms with van der Waals surface area (Å²) in [5.74, 6) is 0.493. The van der Waals surface area contributed by atoms with E-state index in [0.717, 1.165) is 24.6 Å². The van der Waals surface area contributed by atoms with Crippen molar-refractivity contribution in [2.24, 2.45) is 0 Å². The summed E-state index contributed by atoms with van der Waals surface area (Å²) in [7, 11) is 1.45. The van der Waals surface area contributed by atoms with Crippen molar-refractivity contribution in [3.63, 3.8) is 0 Å². The summed E-state index contributed by atoms with van der Waals surface area (Å²) in [5, 5.41) is 4.27. The van der Waals surface area contributed by atoms with Crippen LogP contribution in [-0.4, -0.2) is 35.3 Å². The standard InChI is InChI=1S/C15H16FN3O2/c1-20-13-4-10-12(5-11(13)16)17-8-18-14(10)19-15-3-2-9(6-15)21-7-15/h4-5,8-9H,2-3,6-7H2,1H3,(H,17,18,19). The van der Waals surface area contributed by atoms with E-state index in [0.29, 0.717) is 24.0 Å². The van der Waals surface area contributed by atoms with E-state index < -0.39 is 5.82 Å². The van der Waals surface area contributed by atoms with Crippen molar-refractivity contribution < 1.29 is 13.9 Å². The summed E-state index contributed by atoms with van der Waals surface area (Å²) in [5.41, 5.74) is 0.517. The normalized spacial score (nSPS) is 27.2. The largest absolute Gasteiger partial charge is 0.494 e. The highest BCUT2D eigenvalue weighted by molar-refractivity contribution is 5.90. The molecule has 1 aliphatic carbocycles. The van der Waals surface area contributed by atoms with Crippen molar-refractivity contribution in [2.75, 3.05) is 19.0 Å². The van der Waals surface area contributed by atoms with Gasteiger partial charge in [0.2, 0.25) is 0 Å². The molecule has 2 fully saturated rings. The molecule has 2 aliphatic rings. The van der Waals surface area contributed by atoms with Crippen LogP contribution in [0.25, 0.3) is 10.9 Å². The second-order valence-corrected chi connectivity index (χ2v) is 5.81. The number of benzene rings is 1. The molecule has 2 atom stereocenters. The lowest BCUT2D eigenvalue weighted by molar-refractivity contribution is 0.0745. The molecular weight excluding hydrogens is 273 g/mol. The quantitative estimate of drug-likeness (QED) is 0.941. The van der Waals surface area contributed by atoms with Gasteiger partial charge in [-0.15, -0.1) is 0 Å². The van der Waals surface area contributed by atoms with E-state index in [1.807, 2.05) is 0 Å². The molecule has 4 rings (SSSR count). The van der Waals surface area contributed by atoms with E-state index in [2.05, 4.69) is 15.3 Å². The second kappa shape index (κ2) is 4.53. The molecule has 1 aromatic carbocycles. The maximum atomic E-state index is 13.8. The van der Waals surface area contributed by atoms with Gasteiger partial charge in [0.25, 0.3) is 0 Å². The maximum Gasteiger partial charge on any atom is 0.167 e. The zero-order valence-corrected chi connectivity index (χ0v) is 11.7. The lowest BCUT2D eigenvalue weighted by atomic mass is 9.99. The van der Waals surface area contributed by atoms with Crippen molar-refractivity contribution >= 4 is 16.7 Å². The molecule has 1 saturated heterocycles. The predicted octanol–water partition coefficient (Wildman–Crippen LogP) is 2.51. The highest BCUT2D eigenvalue weighted by Gasteiger charge is 2.46. The molecule has 1 saturated carbocycles. The van der Waals surface area contributed by atoms with Crippen LogP contribution in [0.15, 0.2) is 18.5 Å². The number of hydrogen-bond donors (Lipinski definition) is 1. The van der Waals surface area contributed by atoms with Crippen LogP contribution in [0, 0.1) is 5.82 Å². The fraction of sp³-hybridized carbons (Fsp3) is 0.467. The summed E-state index contributed by atoms with van der Waals surface area (Å²) in [6.07, 6.45) is 4.96. The van der Waals surface area contributed by atoms with Gasteiger partial charge in [0.1, 0.15) is 12.1 Å². The van der Waals surface area contributed by atoms with Gasteiger partial charge < -0.3 is 14.8 Å². The van der Waals surface area contributed by atoms with Crippen LogP contribution in [-0.2, 0) is 4.74 Å². The topological polar surface area (TPSA) is 56.3 Å². The highest BCUT2D eigenvalue weighted by atomic mass is 19.1. The van der Waals surface area contributed by atoms with Gasteiger partial charge >= 0.3 is 0 Å². The summed E-state index contributed by atoms with van der Waals surface area (Å²) < 4.78 is 24.5. The van der Waals surface area contributed by atoms with E-state index in [-0.39, 0.29) is 11.3 Å². The lowest BCUT2D eigenvalue weighted by Crippen LogP contribution is -2.37. The zero-order valence-electron chi connectivity index (χ0n) is 11.7. The van der Waals surface area contributed by atoms with Crippen LogP contribution in [0.5, 0.6) is 5.75 Å². The summed E-state index contributed by atoms with van der Waals surface area (Å²) in [6, 6.07) is 3.02. The van der Waals surface area contributed by atoms with Crippen molar-refractivity contribution in [3.8, 4) is 5.75 Å². The number of halogens is 1. The minimum Gasteiger partial charge on any atom is -0.494 e. The van der Waals surface area contributed by atoms with Crippen LogP contribution in [0.2, 0.25) is 0 Å². The number of nitrogens with one attached hydrogen (secondary N) is 1. The van der Waals surface area contributed by atoms with E-state index in [4.69, 9.17) is 9.47 Å². The first-order valence-electron chi connectivity index (χ1n) is 7.07. The molecule has 2 aromatic rings. The molecule has 110 valence electrons. The van der Waals surface area contributed by atoms with Gasteiger partial charge in [0, 0.05) is 11.5 Å². The molecule has 6 heteroatoms. The second-order valence-electron chi connectivity index (χ2n) is 5.81. The molecule has 5 nitrogen and oxygen atoms in total. The van der Waals surface area contributed by atoms with Crippen molar-refractivity contribution in [2.45, 2.75) is 30.9 Å². The van der Waals surface area contributed by atoms with Gasteiger partial charge in [0.15, 0.2) is 11.6 Å². The molecule has 2 heterocycles. The highest BCUT2D eigenvalue weighted by Crippen LogP contribution is 2.42. The van der Waals surface area contributed by atoms with Crippen LogP contribution in [0.4, 0.5) is 10.2 Å². The van der Waals surface area contributed by atoms with E-state index in [1.165, 1.54) is 19.5 Å². The molecule has 1 N–H and O–H groups in total. The Hall–Kier alpha value is -1.95. The Morgan fingerprint density at radius 1 is 1.43 bits per heavy atom. The molecule has 0 amide bonds. The Morgan fingerprint density at radius 3 is 3.00 bits per heavy atom. The number of ether oxygens (including phenoxy) is 2. The SMILES string of the molecule is COc1cc2c(NC34CCC(C3)OC4)ncnc2cc1F. The molecule has 1 aromatic heterocycles. The molecule has 0 spiro atoms. The molecular formula is C15H16FN3O2. The fourth-order valence-corrected chi connectivity index (χ4v) is 3.34. The van der Waals surface area contributed by atoms with Crippen LogP contribution >= 0.6 is 0 Å². The number of hydrogen-bond acceptors (Lipinski definition) is 5. The smallest absolute Gasteiger partial charge is 0.167 e. The molecule has 1 aliphatic heterocycles. The lowest BCUT2D eigenvalue weighted by Gasteiger charge is -2.28. The first kappa shape index (κ1) is 12.8. The van der Waals surface area contributed by atoms with Crippen LogP contribution < -0.4 is 10.1 Å². The van der Waals surface area contributed by atoms with E-state index in [9.17, 15) is 4.39 Å². The number of anilines is 1. The average Bonchev–Trinajstić information content (AvgIpc) is 3.07. The number of nitrogens with zero attached hydrogens (tertiary/aromatic N) is 2. The Bertz CT molecular complexity index is 699. The summed E-state index contributed by atoms with van der Waals surface area (Å²) >= 11 is 0. The molecule has 2 bridgehead atoms. The van der Waals surface area contributed by atoms with Gasteiger partial charge in [-0.25, -0.2) is 14.4 Å². The number of methoxy groups -OCH3 is 1. The third kappa shape index (κ3) is 2.01. The van der Waals surface area contributed by atoms with Crippen molar-refractivity contribution in [1.82, 2.24) is 9.97 Å². The third-order valence-corrected chi connectivity index (χ3v) is 4.45. The summed E-state index contributed by atoms with van der Waals surface area (Å²) in [4.78, 5) is 8.46.